The van der Waals surface area contributed by atoms with E-state index >= 15 is 0 Å². The number of unbranched alkanes of at least 4 members (excludes halogenated alkanes) is 1. The van der Waals surface area contributed by atoms with Crippen molar-refractivity contribution in [3.05, 3.63) is 12.2 Å². The first kappa shape index (κ1) is 20.1. The van der Waals surface area contributed by atoms with Crippen molar-refractivity contribution in [2.45, 2.75) is 64.6 Å². The lowest BCUT2D eigenvalue weighted by Crippen LogP contribution is -2.49. The fourth-order valence-electron chi connectivity index (χ4n) is 2.41. The smallest absolute Gasteiger partial charge is 0.303 e. The van der Waals surface area contributed by atoms with Crippen molar-refractivity contribution in [2.75, 3.05) is 6.61 Å². The van der Waals surface area contributed by atoms with Crippen LogP contribution in [0.5, 0.6) is 0 Å². The molecule has 0 bridgehead atoms. The summed E-state index contributed by atoms with van der Waals surface area (Å²) in [7, 11) is 0. The van der Waals surface area contributed by atoms with Crippen molar-refractivity contribution in [2.24, 2.45) is 0 Å². The molecule has 0 aromatic carbocycles. The highest BCUT2D eigenvalue weighted by atomic mass is 16.7. The lowest BCUT2D eigenvalue weighted by Gasteiger charge is -2.31. The number of hydrogen-bond donors (Lipinski definition) is 1. The topological polar surface area (TPSA) is 108 Å². The van der Waals surface area contributed by atoms with Crippen LogP contribution in [0.1, 0.15) is 40.5 Å². The maximum atomic E-state index is 11.5. The van der Waals surface area contributed by atoms with E-state index in [0.717, 1.165) is 13.3 Å². The molecule has 1 aliphatic heterocycles. The number of ether oxygens (including phenoxy) is 4. The monoisotopic (exact) mass is 344 g/mol. The molecule has 8 nitrogen and oxygen atoms in total. The average Bonchev–Trinajstić information content (AvgIpc) is 2.70. The van der Waals surface area contributed by atoms with Gasteiger partial charge < -0.3 is 24.1 Å². The van der Waals surface area contributed by atoms with Gasteiger partial charge in [0, 0.05) is 20.8 Å². The minimum Gasteiger partial charge on any atom is -0.462 e. The van der Waals surface area contributed by atoms with Crippen molar-refractivity contribution < 1.29 is 38.4 Å². The van der Waals surface area contributed by atoms with E-state index in [1.807, 2.05) is 6.92 Å². The number of hydrogen-bond acceptors (Lipinski definition) is 8. The number of allylic oxidation sites excluding steroid dienone is 1. The molecule has 4 atom stereocenters. The quantitative estimate of drug-likeness (QED) is 0.411. The molecule has 1 saturated heterocycles. The lowest BCUT2D eigenvalue weighted by molar-refractivity contribution is -0.180. The maximum Gasteiger partial charge on any atom is 0.303 e. The van der Waals surface area contributed by atoms with E-state index < -0.39 is 42.0 Å². The molecule has 0 unspecified atom stereocenters. The Bertz CT molecular complexity index is 500. The second-order valence-electron chi connectivity index (χ2n) is 5.54. The summed E-state index contributed by atoms with van der Waals surface area (Å²) in [5.74, 6) is -1.87. The molecule has 24 heavy (non-hydrogen) atoms. The van der Waals surface area contributed by atoms with Crippen molar-refractivity contribution >= 4 is 17.9 Å². The number of esters is 3. The van der Waals surface area contributed by atoms with Crippen LogP contribution in [0.3, 0.4) is 0 Å². The van der Waals surface area contributed by atoms with Crippen molar-refractivity contribution in [1.29, 1.82) is 0 Å². The third-order valence-corrected chi connectivity index (χ3v) is 3.35. The molecule has 1 aliphatic rings. The molecule has 0 aromatic rings. The Morgan fingerprint density at radius 1 is 1.12 bits per heavy atom. The van der Waals surface area contributed by atoms with Crippen molar-refractivity contribution in [3.8, 4) is 0 Å². The molecule has 0 spiro atoms. The van der Waals surface area contributed by atoms with Crippen molar-refractivity contribution in [3.63, 3.8) is 0 Å². The van der Waals surface area contributed by atoms with Gasteiger partial charge in [0.15, 0.2) is 24.1 Å². The lowest BCUT2D eigenvalue weighted by atomic mass is 9.94. The van der Waals surface area contributed by atoms with E-state index in [4.69, 9.17) is 18.9 Å². The zero-order chi connectivity index (χ0) is 18.3. The van der Waals surface area contributed by atoms with Crippen LogP contribution >= 0.6 is 0 Å². The molecule has 1 rings (SSSR count). The summed E-state index contributed by atoms with van der Waals surface area (Å²) < 4.78 is 20.8. The molecule has 0 aliphatic carbocycles. The van der Waals surface area contributed by atoms with Gasteiger partial charge in [-0.3, -0.25) is 14.4 Å². The first-order valence-corrected chi connectivity index (χ1v) is 7.73. The van der Waals surface area contributed by atoms with Crippen LogP contribution in [0.2, 0.25) is 0 Å². The molecule has 8 heteroatoms. The molecule has 1 fully saturated rings. The van der Waals surface area contributed by atoms with Gasteiger partial charge in [-0.05, 0) is 12.5 Å². The molecule has 0 amide bonds. The zero-order valence-corrected chi connectivity index (χ0v) is 14.3. The highest BCUT2D eigenvalue weighted by molar-refractivity contribution is 5.68. The maximum absolute atomic E-state index is 11.5. The Hall–Kier alpha value is -1.93. The molecule has 1 N–H and O–H groups in total. The number of aliphatic hydroxyl groups excluding tert-OH is 1. The third-order valence-electron chi connectivity index (χ3n) is 3.35. The summed E-state index contributed by atoms with van der Waals surface area (Å²) >= 11 is 0. The third kappa shape index (κ3) is 5.31. The van der Waals surface area contributed by atoms with Gasteiger partial charge in [-0.25, -0.2) is 0 Å². The van der Waals surface area contributed by atoms with Crippen LogP contribution in [-0.4, -0.2) is 53.7 Å². The van der Waals surface area contributed by atoms with E-state index in [2.05, 4.69) is 0 Å². The van der Waals surface area contributed by atoms with E-state index in [1.54, 1.807) is 12.2 Å². The van der Waals surface area contributed by atoms with Gasteiger partial charge in [0.25, 0.3) is 0 Å². The van der Waals surface area contributed by atoms with Gasteiger partial charge in [-0.15, -0.1) is 0 Å². The summed E-state index contributed by atoms with van der Waals surface area (Å²) in [5, 5.41) is 10.1. The molecule has 0 radical (unpaired) electrons. The number of aliphatic hydroxyl groups is 1. The molecule has 1 heterocycles. The van der Waals surface area contributed by atoms with Gasteiger partial charge in [-0.2, -0.15) is 0 Å². The SMILES string of the molecule is CCCC=C[C@]1(COC(C)=O)O[C@H](O)[C@H](OC(C)=O)[C@H]1OC(C)=O. The van der Waals surface area contributed by atoms with E-state index in [-0.39, 0.29) is 6.61 Å². The summed E-state index contributed by atoms with van der Waals surface area (Å²) in [4.78, 5) is 33.9. The molecule has 136 valence electrons. The van der Waals surface area contributed by atoms with Gasteiger partial charge >= 0.3 is 17.9 Å². The summed E-state index contributed by atoms with van der Waals surface area (Å²) in [6, 6.07) is 0. The zero-order valence-electron chi connectivity index (χ0n) is 14.3. The minimum absolute atomic E-state index is 0.296. The normalized spacial score (nSPS) is 29.5. The van der Waals surface area contributed by atoms with E-state index in [1.165, 1.54) is 13.8 Å². The highest BCUT2D eigenvalue weighted by Gasteiger charge is 2.58. The minimum atomic E-state index is -1.53. The first-order valence-electron chi connectivity index (χ1n) is 7.73. The van der Waals surface area contributed by atoms with E-state index in [9.17, 15) is 19.5 Å². The van der Waals surface area contributed by atoms with Crippen LogP contribution in [0.25, 0.3) is 0 Å². The van der Waals surface area contributed by atoms with Crippen LogP contribution in [0.15, 0.2) is 12.2 Å². The van der Waals surface area contributed by atoms with Gasteiger partial charge in [0.05, 0.1) is 0 Å². The Kier molecular flexibility index (Phi) is 7.37. The van der Waals surface area contributed by atoms with Gasteiger partial charge in [-0.1, -0.05) is 19.4 Å². The Labute approximate surface area is 140 Å². The van der Waals surface area contributed by atoms with Gasteiger partial charge in [0.1, 0.15) is 6.61 Å². The van der Waals surface area contributed by atoms with Crippen LogP contribution < -0.4 is 0 Å². The summed E-state index contributed by atoms with van der Waals surface area (Å²) in [6.45, 7) is 5.24. The highest BCUT2D eigenvalue weighted by Crippen LogP contribution is 2.36. The van der Waals surface area contributed by atoms with Crippen molar-refractivity contribution in [1.82, 2.24) is 0 Å². The Morgan fingerprint density at radius 3 is 2.25 bits per heavy atom. The first-order chi connectivity index (χ1) is 11.2. The predicted molar refractivity (Wildman–Crippen MR) is 81.6 cm³/mol. The summed E-state index contributed by atoms with van der Waals surface area (Å²) in [6.07, 6.45) is 0.984. The predicted octanol–water partition coefficient (Wildman–Crippen LogP) is 0.857. The Morgan fingerprint density at radius 2 is 1.75 bits per heavy atom. The standard InChI is InChI=1S/C16H24O8/c1-5-6-7-8-16(9-21-10(2)17)14(23-12(4)19)13(15(20)24-16)22-11(3)18/h7-8,13-15,20H,5-6,9H2,1-4H3/t13-,14-,15+,16-/m1/s1. The molecular weight excluding hydrogens is 320 g/mol. The number of carbonyl (C=O) groups excluding carboxylic acids is 3. The number of carbonyl (C=O) groups is 3. The second kappa shape index (κ2) is 8.79. The largest absolute Gasteiger partial charge is 0.462 e. The van der Waals surface area contributed by atoms with E-state index in [0.29, 0.717) is 6.42 Å². The van der Waals surface area contributed by atoms with Crippen LogP contribution in [-0.2, 0) is 33.3 Å². The summed E-state index contributed by atoms with van der Waals surface area (Å²) in [5.41, 5.74) is -1.44. The van der Waals surface area contributed by atoms with Crippen LogP contribution in [0.4, 0.5) is 0 Å². The number of rotatable bonds is 7. The molecule has 0 aromatic heterocycles. The average molecular weight is 344 g/mol. The fraction of sp³-hybridized carbons (Fsp3) is 0.688. The van der Waals surface area contributed by atoms with Crippen LogP contribution in [0, 0.1) is 0 Å². The van der Waals surface area contributed by atoms with Gasteiger partial charge in [0.2, 0.25) is 0 Å². The second-order valence-corrected chi connectivity index (χ2v) is 5.54. The Balaban J connectivity index is 3.20. The molecule has 0 saturated carbocycles. The fourth-order valence-corrected chi connectivity index (χ4v) is 2.41. The molecular formula is C16H24O8.